The van der Waals surface area contributed by atoms with Crippen LogP contribution in [0.1, 0.15) is 40.0 Å². The molecule has 192 valence electrons. The molecule has 4 N–H and O–H groups in total. The predicted molar refractivity (Wildman–Crippen MR) is 114 cm³/mol. The van der Waals surface area contributed by atoms with Gasteiger partial charge in [0, 0.05) is 37.4 Å². The molecule has 0 aromatic rings. The molecule has 2 aliphatic heterocycles. The smallest absolute Gasteiger partial charge is 0.334 e. The van der Waals surface area contributed by atoms with Crippen molar-refractivity contribution < 1.29 is 53.8 Å². The van der Waals surface area contributed by atoms with Crippen molar-refractivity contribution in [3.63, 3.8) is 0 Å². The summed E-state index contributed by atoms with van der Waals surface area (Å²) in [6, 6.07) is 0. The summed E-state index contributed by atoms with van der Waals surface area (Å²) in [4.78, 5) is 36.0. The standard InChI is InChI=1S/C23H34O11/c1-10(17(25)16-15-11(2)21(29)33-13(15)8-23(16,4)30)6-5-7-31-22-20(28)19(27)18(26)14(34-22)9-32-12(3)24/h10,13-16,18-20,22,26-28,30H,2,5-9H2,1,3-4H3/t10-,13+,14+,15+,16-,18+,19-,20+,22+,23+/m0/s1. The molecule has 10 atom stereocenters. The first-order chi connectivity index (χ1) is 15.8. The number of aliphatic hydroxyl groups excluding tert-OH is 3. The van der Waals surface area contributed by atoms with E-state index in [0.29, 0.717) is 12.8 Å². The molecule has 0 spiro atoms. The molecular weight excluding hydrogens is 452 g/mol. The number of hydrogen-bond acceptors (Lipinski definition) is 11. The Bertz CT molecular complexity index is 809. The zero-order chi connectivity index (χ0) is 25.4. The quantitative estimate of drug-likeness (QED) is 0.183. The lowest BCUT2D eigenvalue weighted by atomic mass is 9.76. The zero-order valence-electron chi connectivity index (χ0n) is 19.6. The third kappa shape index (κ3) is 5.34. The third-order valence-electron chi connectivity index (χ3n) is 6.94. The second kappa shape index (κ2) is 10.4. The van der Waals surface area contributed by atoms with Crippen molar-refractivity contribution >= 4 is 17.7 Å². The molecular formula is C23H34O11. The van der Waals surface area contributed by atoms with E-state index in [4.69, 9.17) is 18.9 Å². The van der Waals surface area contributed by atoms with Crippen LogP contribution in [0.5, 0.6) is 0 Å². The molecule has 1 aliphatic carbocycles. The summed E-state index contributed by atoms with van der Waals surface area (Å²) in [5.74, 6) is -3.10. The average molecular weight is 487 g/mol. The van der Waals surface area contributed by atoms with Crippen molar-refractivity contribution in [2.75, 3.05) is 13.2 Å². The minimum absolute atomic E-state index is 0.0733. The van der Waals surface area contributed by atoms with Gasteiger partial charge in [-0.05, 0) is 19.8 Å². The molecule has 34 heavy (non-hydrogen) atoms. The van der Waals surface area contributed by atoms with Crippen LogP contribution in [0, 0.1) is 17.8 Å². The number of fused-ring (bicyclic) bond motifs is 1. The maximum Gasteiger partial charge on any atom is 0.334 e. The van der Waals surface area contributed by atoms with Crippen LogP contribution in [0.2, 0.25) is 0 Å². The SMILES string of the molecule is C=C1C(=O)O[C@@H]2C[C@@](C)(O)[C@H](C(=O)[C@@H](C)CCCO[C@@H]3O[C@H](COC(C)=O)[C@@H](O)[C@H](O)[C@H]3O)[C@H]12. The number of ether oxygens (including phenoxy) is 4. The maximum absolute atomic E-state index is 13.2. The van der Waals surface area contributed by atoms with Crippen molar-refractivity contribution in [3.8, 4) is 0 Å². The first-order valence-corrected chi connectivity index (χ1v) is 11.5. The Balaban J connectivity index is 1.51. The van der Waals surface area contributed by atoms with Crippen molar-refractivity contribution in [2.45, 2.75) is 82.4 Å². The van der Waals surface area contributed by atoms with Crippen LogP contribution in [-0.2, 0) is 33.3 Å². The van der Waals surface area contributed by atoms with Gasteiger partial charge in [0.1, 0.15) is 42.9 Å². The van der Waals surface area contributed by atoms with Crippen LogP contribution >= 0.6 is 0 Å². The number of carbonyl (C=O) groups is 3. The maximum atomic E-state index is 13.2. The van der Waals surface area contributed by atoms with Crippen molar-refractivity contribution in [1.29, 1.82) is 0 Å². The number of carbonyl (C=O) groups excluding carboxylic acids is 3. The van der Waals surface area contributed by atoms with Gasteiger partial charge < -0.3 is 39.4 Å². The number of ketones is 1. The Kier molecular flexibility index (Phi) is 8.16. The number of esters is 2. The minimum atomic E-state index is -1.55. The fourth-order valence-corrected chi connectivity index (χ4v) is 5.07. The summed E-state index contributed by atoms with van der Waals surface area (Å²) in [7, 11) is 0. The lowest BCUT2D eigenvalue weighted by molar-refractivity contribution is -0.301. The molecule has 1 saturated carbocycles. The minimum Gasteiger partial charge on any atom is -0.463 e. The number of rotatable bonds is 9. The molecule has 0 unspecified atom stereocenters. The van der Waals surface area contributed by atoms with Gasteiger partial charge in [-0.3, -0.25) is 9.59 Å². The lowest BCUT2D eigenvalue weighted by Gasteiger charge is -2.40. The molecule has 0 aromatic carbocycles. The molecule has 2 heterocycles. The molecule has 0 bridgehead atoms. The van der Waals surface area contributed by atoms with Crippen LogP contribution in [0.3, 0.4) is 0 Å². The zero-order valence-corrected chi connectivity index (χ0v) is 19.6. The Morgan fingerprint density at radius 2 is 1.91 bits per heavy atom. The van der Waals surface area contributed by atoms with Crippen molar-refractivity contribution in [3.05, 3.63) is 12.2 Å². The first-order valence-electron chi connectivity index (χ1n) is 11.5. The van der Waals surface area contributed by atoms with E-state index in [1.54, 1.807) is 13.8 Å². The highest BCUT2D eigenvalue weighted by molar-refractivity contribution is 5.94. The van der Waals surface area contributed by atoms with E-state index in [-0.39, 0.29) is 31.0 Å². The van der Waals surface area contributed by atoms with Crippen LogP contribution in [0.4, 0.5) is 0 Å². The van der Waals surface area contributed by atoms with Gasteiger partial charge in [0.25, 0.3) is 0 Å². The second-order valence-corrected chi connectivity index (χ2v) is 9.67. The molecule has 0 radical (unpaired) electrons. The van der Waals surface area contributed by atoms with Gasteiger partial charge in [-0.15, -0.1) is 0 Å². The molecule has 3 fully saturated rings. The Labute approximate surface area is 197 Å². The molecule has 11 heteroatoms. The van der Waals surface area contributed by atoms with E-state index in [9.17, 15) is 34.8 Å². The van der Waals surface area contributed by atoms with Gasteiger partial charge in [-0.25, -0.2) is 4.79 Å². The fraction of sp³-hybridized carbons (Fsp3) is 0.783. The number of Topliss-reactive ketones (excluding diaryl/α,β-unsaturated/α-hetero) is 1. The Morgan fingerprint density at radius 3 is 2.56 bits per heavy atom. The van der Waals surface area contributed by atoms with Gasteiger partial charge in [-0.1, -0.05) is 13.5 Å². The molecule has 0 aromatic heterocycles. The summed E-state index contributed by atoms with van der Waals surface area (Å²) in [5.41, 5.74) is -1.10. The summed E-state index contributed by atoms with van der Waals surface area (Å²) >= 11 is 0. The lowest BCUT2D eigenvalue weighted by Crippen LogP contribution is -2.59. The normalized spacial score (nSPS) is 40.6. The monoisotopic (exact) mass is 486 g/mol. The predicted octanol–water partition coefficient (Wildman–Crippen LogP) is -0.772. The van der Waals surface area contributed by atoms with E-state index in [2.05, 4.69) is 6.58 Å². The van der Waals surface area contributed by atoms with E-state index in [0.717, 1.165) is 0 Å². The van der Waals surface area contributed by atoms with Crippen molar-refractivity contribution in [2.24, 2.45) is 17.8 Å². The second-order valence-electron chi connectivity index (χ2n) is 9.67. The molecule has 0 amide bonds. The first kappa shape index (κ1) is 26.7. The van der Waals surface area contributed by atoms with Crippen molar-refractivity contribution in [1.82, 2.24) is 0 Å². The van der Waals surface area contributed by atoms with E-state index >= 15 is 0 Å². The summed E-state index contributed by atoms with van der Waals surface area (Å²) in [5, 5.41) is 41.0. The van der Waals surface area contributed by atoms with Gasteiger partial charge in [0.2, 0.25) is 0 Å². The van der Waals surface area contributed by atoms with E-state index in [1.807, 2.05) is 0 Å². The molecule has 3 aliphatic rings. The van der Waals surface area contributed by atoms with Crippen LogP contribution in [0.25, 0.3) is 0 Å². The van der Waals surface area contributed by atoms with Crippen LogP contribution < -0.4 is 0 Å². The highest BCUT2D eigenvalue weighted by atomic mass is 16.7. The topological polar surface area (TPSA) is 169 Å². The summed E-state index contributed by atoms with van der Waals surface area (Å²) in [6.45, 7) is 8.00. The van der Waals surface area contributed by atoms with E-state index < -0.39 is 72.1 Å². The molecule has 3 rings (SSSR count). The largest absolute Gasteiger partial charge is 0.463 e. The fourth-order valence-electron chi connectivity index (χ4n) is 5.07. The Hall–Kier alpha value is -1.89. The number of hydrogen-bond donors (Lipinski definition) is 4. The van der Waals surface area contributed by atoms with E-state index in [1.165, 1.54) is 6.92 Å². The van der Waals surface area contributed by atoms with Gasteiger partial charge in [0.05, 0.1) is 11.5 Å². The van der Waals surface area contributed by atoms with Crippen LogP contribution in [0.15, 0.2) is 12.2 Å². The summed E-state index contributed by atoms with van der Waals surface area (Å²) < 4.78 is 21.0. The summed E-state index contributed by atoms with van der Waals surface area (Å²) in [6.07, 6.45) is -6.45. The highest BCUT2D eigenvalue weighted by Gasteiger charge is 2.60. The highest BCUT2D eigenvalue weighted by Crippen LogP contribution is 2.50. The van der Waals surface area contributed by atoms with Gasteiger partial charge >= 0.3 is 11.9 Å². The van der Waals surface area contributed by atoms with Gasteiger partial charge in [-0.2, -0.15) is 0 Å². The Morgan fingerprint density at radius 1 is 1.24 bits per heavy atom. The average Bonchev–Trinajstić information content (AvgIpc) is 3.17. The van der Waals surface area contributed by atoms with Gasteiger partial charge in [0.15, 0.2) is 6.29 Å². The molecule has 2 saturated heterocycles. The molecule has 11 nitrogen and oxygen atoms in total. The third-order valence-corrected chi connectivity index (χ3v) is 6.94. The number of aliphatic hydroxyl groups is 4. The van der Waals surface area contributed by atoms with Crippen LogP contribution in [-0.4, -0.2) is 93.8 Å².